The van der Waals surface area contributed by atoms with Crippen molar-refractivity contribution < 1.29 is 18.7 Å². The number of hydrazine groups is 1. The number of benzene rings is 1. The van der Waals surface area contributed by atoms with Crippen LogP contribution in [0.1, 0.15) is 30.0 Å². The van der Waals surface area contributed by atoms with E-state index in [-0.39, 0.29) is 11.6 Å². The van der Waals surface area contributed by atoms with Gasteiger partial charge < -0.3 is 5.11 Å². The average Bonchev–Trinajstić information content (AvgIpc) is 2.81. The highest BCUT2D eigenvalue weighted by Crippen LogP contribution is 2.30. The summed E-state index contributed by atoms with van der Waals surface area (Å²) in [5.41, 5.74) is 4.85. The van der Waals surface area contributed by atoms with Gasteiger partial charge >= 0.3 is 6.09 Å². The Balaban J connectivity index is 2.13. The number of hydrogen-bond acceptors (Lipinski definition) is 3. The molecule has 0 aromatic heterocycles. The Morgan fingerprint density at radius 3 is 2.63 bits per heavy atom. The van der Waals surface area contributed by atoms with Gasteiger partial charge in [0.05, 0.1) is 6.04 Å². The number of amidine groups is 1. The highest BCUT2D eigenvalue weighted by molar-refractivity contribution is 5.85. The van der Waals surface area contributed by atoms with E-state index in [1.54, 1.807) is 0 Å². The van der Waals surface area contributed by atoms with Gasteiger partial charge in [0.15, 0.2) is 0 Å². The fourth-order valence-corrected chi connectivity index (χ4v) is 1.91. The van der Waals surface area contributed by atoms with E-state index in [1.807, 2.05) is 5.43 Å². The molecule has 0 saturated carbocycles. The summed E-state index contributed by atoms with van der Waals surface area (Å²) in [4.78, 5) is 14.5. The molecule has 0 saturated heterocycles. The molecule has 0 spiro atoms. The lowest BCUT2D eigenvalue weighted by atomic mass is 10.0. The van der Waals surface area contributed by atoms with Crippen molar-refractivity contribution in [1.82, 2.24) is 10.9 Å². The summed E-state index contributed by atoms with van der Waals surface area (Å²) in [6, 6.07) is 2.17. The van der Waals surface area contributed by atoms with E-state index < -0.39 is 17.7 Å². The zero-order chi connectivity index (χ0) is 14.0. The van der Waals surface area contributed by atoms with Crippen LogP contribution >= 0.6 is 0 Å². The van der Waals surface area contributed by atoms with Crippen LogP contribution in [0.25, 0.3) is 0 Å². The van der Waals surface area contributed by atoms with Gasteiger partial charge in [-0.15, -0.1) is 0 Å². The van der Waals surface area contributed by atoms with Crippen molar-refractivity contribution in [2.75, 3.05) is 0 Å². The van der Waals surface area contributed by atoms with Gasteiger partial charge in [-0.1, -0.05) is 0 Å². The van der Waals surface area contributed by atoms with Crippen molar-refractivity contribution in [3.8, 4) is 0 Å². The molecule has 7 heteroatoms. The van der Waals surface area contributed by atoms with Gasteiger partial charge in [-0.05, 0) is 31.0 Å². The Labute approximate surface area is 108 Å². The molecule has 0 fully saturated rings. The van der Waals surface area contributed by atoms with Crippen LogP contribution in [-0.2, 0) is 0 Å². The lowest BCUT2D eigenvalue weighted by Gasteiger charge is -2.09. The molecule has 1 atom stereocenters. The third kappa shape index (κ3) is 2.98. The van der Waals surface area contributed by atoms with E-state index in [0.717, 1.165) is 0 Å². The Morgan fingerprint density at radius 1 is 1.42 bits per heavy atom. The number of carboxylic acid groups (broad SMARTS) is 1. The number of nitrogens with zero attached hydrogens (tertiary/aromatic N) is 1. The molecule has 0 radical (unpaired) electrons. The number of aliphatic imine (C=N–C) groups is 1. The fraction of sp³-hybridized carbons (Fsp3) is 0.333. The second-order valence-electron chi connectivity index (χ2n) is 4.29. The summed E-state index contributed by atoms with van der Waals surface area (Å²) < 4.78 is 26.9. The van der Waals surface area contributed by atoms with Gasteiger partial charge in [-0.3, -0.25) is 10.4 Å². The summed E-state index contributed by atoms with van der Waals surface area (Å²) in [7, 11) is 0. The number of amides is 1. The first kappa shape index (κ1) is 13.3. The number of nitrogens with one attached hydrogen (secondary N) is 2. The number of rotatable bonds is 1. The average molecular weight is 269 g/mol. The van der Waals surface area contributed by atoms with E-state index in [2.05, 4.69) is 10.4 Å². The van der Waals surface area contributed by atoms with Crippen LogP contribution in [0, 0.1) is 18.6 Å². The standard InChI is InChI=1S/C12H13F2N3O2/c1-6-8(13)4-7(5-9(6)14)10-2-3-11(15-10)16-17-12(18)19/h4-5,10,17H,2-3H2,1H3,(H,15,16)(H,18,19). The van der Waals surface area contributed by atoms with Crippen molar-refractivity contribution in [2.45, 2.75) is 25.8 Å². The molecule has 3 N–H and O–H groups in total. The molecule has 2 rings (SSSR count). The molecule has 1 amide bonds. The van der Waals surface area contributed by atoms with E-state index in [4.69, 9.17) is 5.11 Å². The molecule has 102 valence electrons. The Morgan fingerprint density at radius 2 is 2.05 bits per heavy atom. The normalized spacial score (nSPS) is 18.1. The number of carbonyl (C=O) groups is 1. The van der Waals surface area contributed by atoms with Gasteiger partial charge in [0.25, 0.3) is 0 Å². The van der Waals surface area contributed by atoms with E-state index in [1.165, 1.54) is 19.1 Å². The van der Waals surface area contributed by atoms with Gasteiger partial charge in [0.1, 0.15) is 17.5 Å². The minimum atomic E-state index is -1.22. The third-order valence-corrected chi connectivity index (χ3v) is 2.97. The molecular weight excluding hydrogens is 256 g/mol. The molecule has 1 aliphatic rings. The Hall–Kier alpha value is -2.18. The zero-order valence-corrected chi connectivity index (χ0v) is 10.2. The monoisotopic (exact) mass is 269 g/mol. The molecule has 1 aromatic rings. The van der Waals surface area contributed by atoms with Crippen LogP contribution in [0.4, 0.5) is 13.6 Å². The quantitative estimate of drug-likeness (QED) is 0.685. The van der Waals surface area contributed by atoms with Crippen LogP contribution in [0.3, 0.4) is 0 Å². The second-order valence-corrected chi connectivity index (χ2v) is 4.29. The molecule has 1 aromatic carbocycles. The van der Waals surface area contributed by atoms with Gasteiger partial charge in [-0.2, -0.15) is 0 Å². The van der Waals surface area contributed by atoms with Crippen molar-refractivity contribution >= 4 is 11.9 Å². The van der Waals surface area contributed by atoms with Gasteiger partial charge in [-0.25, -0.2) is 19.0 Å². The highest BCUT2D eigenvalue weighted by atomic mass is 19.1. The SMILES string of the molecule is Cc1c(F)cc(C2CCC(NNC(=O)O)=N2)cc1F. The van der Waals surface area contributed by atoms with E-state index in [0.29, 0.717) is 24.2 Å². The molecule has 19 heavy (non-hydrogen) atoms. The minimum Gasteiger partial charge on any atom is -0.464 e. The summed E-state index contributed by atoms with van der Waals surface area (Å²) in [5.74, 6) is -0.751. The van der Waals surface area contributed by atoms with Crippen LogP contribution in [0.2, 0.25) is 0 Å². The zero-order valence-electron chi connectivity index (χ0n) is 10.2. The first-order valence-electron chi connectivity index (χ1n) is 5.74. The van der Waals surface area contributed by atoms with Crippen LogP contribution in [0.5, 0.6) is 0 Å². The topological polar surface area (TPSA) is 73.7 Å². The summed E-state index contributed by atoms with van der Waals surface area (Å²) in [6.07, 6.45) is -0.133. The molecule has 1 unspecified atom stereocenters. The highest BCUT2D eigenvalue weighted by Gasteiger charge is 2.21. The maximum atomic E-state index is 13.5. The Bertz CT molecular complexity index is 523. The predicted molar refractivity (Wildman–Crippen MR) is 64.8 cm³/mol. The smallest absolute Gasteiger partial charge is 0.423 e. The molecule has 5 nitrogen and oxygen atoms in total. The van der Waals surface area contributed by atoms with Crippen molar-refractivity contribution in [3.05, 3.63) is 34.9 Å². The maximum absolute atomic E-state index is 13.5. The van der Waals surface area contributed by atoms with Crippen molar-refractivity contribution in [3.63, 3.8) is 0 Å². The van der Waals surface area contributed by atoms with E-state index in [9.17, 15) is 13.6 Å². The van der Waals surface area contributed by atoms with Crippen molar-refractivity contribution in [1.29, 1.82) is 0 Å². The van der Waals surface area contributed by atoms with E-state index >= 15 is 0 Å². The first-order chi connectivity index (χ1) is 8.97. The van der Waals surface area contributed by atoms with Crippen molar-refractivity contribution in [2.24, 2.45) is 4.99 Å². The number of halogens is 2. The van der Waals surface area contributed by atoms with Crippen LogP contribution in [-0.4, -0.2) is 17.0 Å². The van der Waals surface area contributed by atoms with Crippen LogP contribution < -0.4 is 10.9 Å². The summed E-state index contributed by atoms with van der Waals surface area (Å²) in [6.45, 7) is 1.37. The van der Waals surface area contributed by atoms with Crippen LogP contribution in [0.15, 0.2) is 17.1 Å². The molecule has 0 bridgehead atoms. The lowest BCUT2D eigenvalue weighted by Crippen LogP contribution is -2.39. The maximum Gasteiger partial charge on any atom is 0.423 e. The predicted octanol–water partition coefficient (Wildman–Crippen LogP) is 2.28. The number of hydrogen-bond donors (Lipinski definition) is 3. The Kier molecular flexibility index (Phi) is 3.64. The molecule has 1 heterocycles. The van der Waals surface area contributed by atoms with Gasteiger partial charge in [0.2, 0.25) is 0 Å². The first-order valence-corrected chi connectivity index (χ1v) is 5.74. The third-order valence-electron chi connectivity index (χ3n) is 2.97. The molecule has 1 aliphatic heterocycles. The molecule has 0 aliphatic carbocycles. The minimum absolute atomic E-state index is 0.0170. The lowest BCUT2D eigenvalue weighted by molar-refractivity contribution is 0.192. The second kappa shape index (κ2) is 5.21. The summed E-state index contributed by atoms with van der Waals surface area (Å²) >= 11 is 0. The largest absolute Gasteiger partial charge is 0.464 e. The molecular formula is C12H13F2N3O2. The summed E-state index contributed by atoms with van der Waals surface area (Å²) in [5, 5.41) is 8.43. The fourth-order valence-electron chi connectivity index (χ4n) is 1.91. The van der Waals surface area contributed by atoms with Gasteiger partial charge in [0, 0.05) is 12.0 Å².